The van der Waals surface area contributed by atoms with Gasteiger partial charge >= 0.3 is 0 Å². The maximum Gasteiger partial charge on any atom is 0.262 e. The summed E-state index contributed by atoms with van der Waals surface area (Å²) in [5.41, 5.74) is 3.61. The second-order valence-corrected chi connectivity index (χ2v) is 9.44. The monoisotopic (exact) mass is 449 g/mol. The number of aromatic nitrogens is 1. The first-order valence-electron chi connectivity index (χ1n) is 8.67. The van der Waals surface area contributed by atoms with Crippen molar-refractivity contribution >= 4 is 68.3 Å². The van der Waals surface area contributed by atoms with Crippen molar-refractivity contribution in [2.24, 2.45) is 7.05 Å². The zero-order valence-corrected chi connectivity index (χ0v) is 18.4. The van der Waals surface area contributed by atoms with Crippen LogP contribution in [0.4, 0.5) is 5.69 Å². The lowest BCUT2D eigenvalue weighted by molar-refractivity contribution is -0.642. The lowest BCUT2D eigenvalue weighted by Crippen LogP contribution is -2.29. The standard InChI is InChI=1S/C21H19Cl2N2S2.CH4/c1-4-13(9-20-24(2)16-11-14(22)5-7-18(16)26-20)10-21-25(3)17-12-15(23)6-8-19(17)27-21;/h5-12H,4H2,1-3H3;1H4/q+1;. The molecule has 0 saturated heterocycles. The Balaban J connectivity index is 0.00000225. The van der Waals surface area contributed by atoms with Crippen LogP contribution >= 0.6 is 46.3 Å². The molecule has 0 aliphatic carbocycles. The average Bonchev–Trinajstić information content (AvgIpc) is 3.12. The minimum absolute atomic E-state index is 0. The van der Waals surface area contributed by atoms with Crippen LogP contribution in [0.5, 0.6) is 0 Å². The van der Waals surface area contributed by atoms with E-state index in [1.54, 1.807) is 23.1 Å². The van der Waals surface area contributed by atoms with E-state index in [0.717, 1.165) is 27.7 Å². The normalized spacial score (nSPS) is 15.2. The molecule has 2 heterocycles. The summed E-state index contributed by atoms with van der Waals surface area (Å²) < 4.78 is 3.45. The third kappa shape index (κ3) is 3.97. The smallest absolute Gasteiger partial charge is 0.262 e. The van der Waals surface area contributed by atoms with Gasteiger partial charge in [-0.05, 0) is 48.4 Å². The van der Waals surface area contributed by atoms with Gasteiger partial charge in [-0.3, -0.25) is 0 Å². The second kappa shape index (κ2) is 8.50. The predicted molar refractivity (Wildman–Crippen MR) is 127 cm³/mol. The third-order valence-corrected chi connectivity index (χ3v) is 7.48. The molecule has 2 aromatic carbocycles. The first-order valence-corrected chi connectivity index (χ1v) is 11.1. The molecule has 0 fully saturated rings. The van der Waals surface area contributed by atoms with Gasteiger partial charge in [0.1, 0.15) is 11.7 Å². The van der Waals surface area contributed by atoms with Crippen molar-refractivity contribution in [1.29, 1.82) is 0 Å². The summed E-state index contributed by atoms with van der Waals surface area (Å²) in [5.74, 6) is 0. The Kier molecular flexibility index (Phi) is 6.45. The van der Waals surface area contributed by atoms with Crippen LogP contribution in [0.3, 0.4) is 0 Å². The Bertz CT molecular complexity index is 1100. The number of rotatable bonds is 3. The highest BCUT2D eigenvalue weighted by Crippen LogP contribution is 2.46. The second-order valence-electron chi connectivity index (χ2n) is 6.44. The maximum atomic E-state index is 6.17. The summed E-state index contributed by atoms with van der Waals surface area (Å²) in [6, 6.07) is 12.1. The molecule has 0 saturated carbocycles. The fraction of sp³-hybridized carbons (Fsp3) is 0.227. The van der Waals surface area contributed by atoms with Crippen LogP contribution in [0.25, 0.3) is 16.3 Å². The zero-order valence-electron chi connectivity index (χ0n) is 15.3. The first kappa shape index (κ1) is 21.3. The van der Waals surface area contributed by atoms with Gasteiger partial charge in [-0.15, -0.1) is 0 Å². The van der Waals surface area contributed by atoms with Crippen LogP contribution in [0.15, 0.2) is 58.0 Å². The summed E-state index contributed by atoms with van der Waals surface area (Å²) in [4.78, 5) is 3.45. The number of thioether (sulfide) groups is 1. The number of thiazole rings is 1. The van der Waals surface area contributed by atoms with E-state index in [4.69, 9.17) is 23.2 Å². The van der Waals surface area contributed by atoms with Gasteiger partial charge < -0.3 is 4.90 Å². The van der Waals surface area contributed by atoms with E-state index in [1.807, 2.05) is 24.3 Å². The molecule has 0 bridgehead atoms. The highest BCUT2D eigenvalue weighted by atomic mass is 35.5. The van der Waals surface area contributed by atoms with E-state index in [-0.39, 0.29) is 7.43 Å². The molecule has 1 aliphatic rings. The van der Waals surface area contributed by atoms with E-state index in [1.165, 1.54) is 25.2 Å². The van der Waals surface area contributed by atoms with Crippen molar-refractivity contribution in [3.8, 4) is 0 Å². The van der Waals surface area contributed by atoms with Gasteiger partial charge in [0, 0.05) is 34.1 Å². The van der Waals surface area contributed by atoms with Crippen LogP contribution in [0, 0.1) is 0 Å². The van der Waals surface area contributed by atoms with Gasteiger partial charge in [-0.2, -0.15) is 4.57 Å². The van der Waals surface area contributed by atoms with Gasteiger partial charge in [0.25, 0.3) is 5.01 Å². The number of hydrogen-bond donors (Lipinski definition) is 0. The largest absolute Gasteiger partial charge is 0.338 e. The number of aryl methyl sites for hydroxylation is 1. The number of anilines is 1. The Morgan fingerprint density at radius 3 is 2.61 bits per heavy atom. The highest BCUT2D eigenvalue weighted by molar-refractivity contribution is 8.03. The van der Waals surface area contributed by atoms with Crippen molar-refractivity contribution in [3.63, 3.8) is 0 Å². The van der Waals surface area contributed by atoms with Gasteiger partial charge in [0.15, 0.2) is 0 Å². The van der Waals surface area contributed by atoms with E-state index in [9.17, 15) is 0 Å². The molecule has 0 unspecified atom stereocenters. The van der Waals surface area contributed by atoms with Crippen molar-refractivity contribution in [1.82, 2.24) is 0 Å². The minimum atomic E-state index is 0. The summed E-state index contributed by atoms with van der Waals surface area (Å²) >= 11 is 15.9. The maximum absolute atomic E-state index is 6.17. The lowest BCUT2D eigenvalue weighted by Gasteiger charge is -2.14. The van der Waals surface area contributed by atoms with Gasteiger partial charge in [0.2, 0.25) is 5.52 Å². The van der Waals surface area contributed by atoms with Crippen LogP contribution in [0.1, 0.15) is 25.8 Å². The SMILES string of the molecule is C.CCC(/C=C1\Sc2ccc(Cl)cc2N1C)=C\c1sc2ccc(Cl)cc2[n+]1C. The molecule has 0 spiro atoms. The summed E-state index contributed by atoms with van der Waals surface area (Å²) in [6.45, 7) is 2.19. The average molecular weight is 450 g/mol. The van der Waals surface area contributed by atoms with Crippen molar-refractivity contribution in [3.05, 3.63) is 68.1 Å². The Hall–Kier alpha value is -1.46. The number of fused-ring (bicyclic) bond motifs is 2. The topological polar surface area (TPSA) is 7.12 Å². The molecule has 3 aromatic rings. The molecule has 1 aliphatic heterocycles. The van der Waals surface area contributed by atoms with Crippen LogP contribution in [0.2, 0.25) is 10.0 Å². The fourth-order valence-corrected chi connectivity index (χ4v) is 5.64. The summed E-state index contributed by atoms with van der Waals surface area (Å²) in [7, 11) is 4.19. The zero-order chi connectivity index (χ0) is 19.1. The highest BCUT2D eigenvalue weighted by Gasteiger charge is 2.22. The molecule has 2 nitrogen and oxygen atoms in total. The molecular formula is C22H23Cl2N2S2+. The first-order chi connectivity index (χ1) is 13.0. The molecule has 28 heavy (non-hydrogen) atoms. The number of benzene rings is 2. The van der Waals surface area contributed by atoms with Gasteiger partial charge in [0.05, 0.1) is 10.7 Å². The van der Waals surface area contributed by atoms with Crippen molar-refractivity contribution in [2.75, 3.05) is 11.9 Å². The molecule has 6 heteroatoms. The van der Waals surface area contributed by atoms with E-state index in [0.29, 0.717) is 0 Å². The number of allylic oxidation sites excluding steroid dienone is 2. The van der Waals surface area contributed by atoms with Crippen LogP contribution in [-0.4, -0.2) is 7.05 Å². The van der Waals surface area contributed by atoms with Gasteiger partial charge in [-0.25, -0.2) is 0 Å². The Morgan fingerprint density at radius 2 is 1.86 bits per heavy atom. The van der Waals surface area contributed by atoms with E-state index in [2.05, 4.69) is 54.8 Å². The molecule has 0 radical (unpaired) electrons. The number of nitrogens with zero attached hydrogens (tertiary/aromatic N) is 2. The van der Waals surface area contributed by atoms with Crippen molar-refractivity contribution in [2.45, 2.75) is 25.7 Å². The number of halogens is 2. The molecule has 0 atom stereocenters. The third-order valence-electron chi connectivity index (χ3n) is 4.68. The number of hydrogen-bond acceptors (Lipinski definition) is 3. The molecule has 146 valence electrons. The van der Waals surface area contributed by atoms with Crippen LogP contribution in [-0.2, 0) is 7.05 Å². The van der Waals surface area contributed by atoms with Crippen LogP contribution < -0.4 is 9.47 Å². The minimum Gasteiger partial charge on any atom is -0.338 e. The van der Waals surface area contributed by atoms with Gasteiger partial charge in [-0.1, -0.05) is 60.7 Å². The molecule has 0 amide bonds. The molecule has 4 rings (SSSR count). The van der Waals surface area contributed by atoms with E-state index < -0.39 is 0 Å². The summed E-state index contributed by atoms with van der Waals surface area (Å²) in [5, 5.41) is 3.97. The Morgan fingerprint density at radius 1 is 1.14 bits per heavy atom. The quantitative estimate of drug-likeness (QED) is 0.381. The van der Waals surface area contributed by atoms with Crippen molar-refractivity contribution < 1.29 is 4.57 Å². The van der Waals surface area contributed by atoms with E-state index >= 15 is 0 Å². The Labute approximate surface area is 185 Å². The fourth-order valence-electron chi connectivity index (χ4n) is 3.09. The summed E-state index contributed by atoms with van der Waals surface area (Å²) in [6.07, 6.45) is 5.51. The molecule has 1 aromatic heterocycles. The molecular weight excluding hydrogens is 427 g/mol. The molecule has 0 N–H and O–H groups in total. The predicted octanol–water partition coefficient (Wildman–Crippen LogP) is 7.55. The lowest BCUT2D eigenvalue weighted by atomic mass is 10.2.